The molecule has 0 aliphatic heterocycles. The molecule has 2 aliphatic carbocycles. The molecule has 0 aromatic heterocycles. The van der Waals surface area contributed by atoms with E-state index in [0.29, 0.717) is 13.2 Å². The van der Waals surface area contributed by atoms with Gasteiger partial charge in [0.25, 0.3) is 0 Å². The average molecular weight is 395 g/mol. The molecule has 0 amide bonds. The fourth-order valence-electron chi connectivity index (χ4n) is 5.50. The van der Waals surface area contributed by atoms with Crippen LogP contribution in [-0.4, -0.2) is 6.61 Å². The lowest BCUT2D eigenvalue weighted by Gasteiger charge is -2.38. The lowest BCUT2D eigenvalue weighted by molar-refractivity contribution is 0.148. The summed E-state index contributed by atoms with van der Waals surface area (Å²) in [6, 6.07) is 9.25. The summed E-state index contributed by atoms with van der Waals surface area (Å²) < 4.78 is 5.67. The van der Waals surface area contributed by atoms with Crippen LogP contribution in [0, 0.1) is 17.8 Å². The highest BCUT2D eigenvalue weighted by atomic mass is 16.5. The predicted octanol–water partition coefficient (Wildman–Crippen LogP) is 8.22. The second-order valence-corrected chi connectivity index (χ2v) is 9.33. The zero-order valence-electron chi connectivity index (χ0n) is 18.8. The highest BCUT2D eigenvalue weighted by Crippen LogP contribution is 2.44. The molecule has 0 bridgehead atoms. The largest absolute Gasteiger partial charge is 0.373 e. The van der Waals surface area contributed by atoms with E-state index in [0.717, 1.165) is 23.7 Å². The summed E-state index contributed by atoms with van der Waals surface area (Å²) in [6.45, 7) is 5.69. The summed E-state index contributed by atoms with van der Waals surface area (Å²) in [7, 11) is 0. The molecule has 0 atom stereocenters. The highest BCUT2D eigenvalue weighted by molar-refractivity contribution is 5.25. The van der Waals surface area contributed by atoms with Gasteiger partial charge in [0.2, 0.25) is 0 Å². The number of rotatable bonds is 9. The van der Waals surface area contributed by atoms with Gasteiger partial charge in [-0.15, -0.1) is 0 Å². The van der Waals surface area contributed by atoms with Crippen LogP contribution in [0.3, 0.4) is 0 Å². The standard InChI is InChI=1S/C28H42O/c1-3-5-7-8-23-9-13-25(14-10-23)27-17-19-28(20-18-27)26-15-11-24(12-16-26)22-29-21-6-4-2/h4-7,11-12,15-16,23,25,27-28H,3,8-10,13-14,17-22H2,1-2H3/b6-4?,7-5+. The van der Waals surface area contributed by atoms with Crippen LogP contribution in [-0.2, 0) is 11.3 Å². The summed E-state index contributed by atoms with van der Waals surface area (Å²) in [6.07, 6.45) is 23.0. The molecule has 0 N–H and O–H groups in total. The van der Waals surface area contributed by atoms with E-state index in [9.17, 15) is 0 Å². The van der Waals surface area contributed by atoms with E-state index >= 15 is 0 Å². The molecular weight excluding hydrogens is 352 g/mol. The van der Waals surface area contributed by atoms with Crippen molar-refractivity contribution >= 4 is 0 Å². The lowest BCUT2D eigenvalue weighted by Crippen LogP contribution is -2.25. The lowest BCUT2D eigenvalue weighted by atomic mass is 9.68. The van der Waals surface area contributed by atoms with Crippen LogP contribution < -0.4 is 0 Å². The van der Waals surface area contributed by atoms with Gasteiger partial charge in [-0.1, -0.05) is 55.5 Å². The molecule has 1 heteroatoms. The molecule has 1 aromatic carbocycles. The Morgan fingerprint density at radius 1 is 0.828 bits per heavy atom. The molecule has 2 fully saturated rings. The van der Waals surface area contributed by atoms with Gasteiger partial charge >= 0.3 is 0 Å². The number of hydrogen-bond donors (Lipinski definition) is 0. The van der Waals surface area contributed by atoms with Crippen LogP contribution in [0.2, 0.25) is 0 Å². The van der Waals surface area contributed by atoms with Crippen molar-refractivity contribution < 1.29 is 4.74 Å². The number of ether oxygens (including phenoxy) is 1. The van der Waals surface area contributed by atoms with Crippen LogP contribution in [0.5, 0.6) is 0 Å². The minimum atomic E-state index is 0.708. The molecule has 0 radical (unpaired) electrons. The van der Waals surface area contributed by atoms with Gasteiger partial charge in [0.05, 0.1) is 13.2 Å². The van der Waals surface area contributed by atoms with E-state index < -0.39 is 0 Å². The molecule has 0 heterocycles. The maximum atomic E-state index is 5.67. The predicted molar refractivity (Wildman–Crippen MR) is 125 cm³/mol. The van der Waals surface area contributed by atoms with Crippen molar-refractivity contribution in [3.05, 3.63) is 59.7 Å². The van der Waals surface area contributed by atoms with Gasteiger partial charge in [0.1, 0.15) is 0 Å². The molecule has 1 nitrogen and oxygen atoms in total. The minimum Gasteiger partial charge on any atom is -0.373 e. The van der Waals surface area contributed by atoms with Crippen LogP contribution in [0.1, 0.15) is 95.1 Å². The molecule has 0 spiro atoms. The zero-order chi connectivity index (χ0) is 20.3. The first-order chi connectivity index (χ1) is 14.3. The summed E-state index contributed by atoms with van der Waals surface area (Å²) in [4.78, 5) is 0. The Hall–Kier alpha value is -1.34. The Balaban J connectivity index is 1.38. The van der Waals surface area contributed by atoms with Crippen molar-refractivity contribution in [2.45, 2.75) is 90.6 Å². The van der Waals surface area contributed by atoms with E-state index in [1.807, 2.05) is 13.0 Å². The van der Waals surface area contributed by atoms with Crippen LogP contribution in [0.4, 0.5) is 0 Å². The molecule has 160 valence electrons. The summed E-state index contributed by atoms with van der Waals surface area (Å²) in [5.74, 6) is 3.75. The molecule has 2 saturated carbocycles. The molecule has 29 heavy (non-hydrogen) atoms. The SMILES string of the molecule is CC=CCOCc1ccc(C2CCC(C3CCC(C/C=C/CC)CC3)CC2)cc1. The van der Waals surface area contributed by atoms with Crippen molar-refractivity contribution in [1.29, 1.82) is 0 Å². The summed E-state index contributed by atoms with van der Waals surface area (Å²) >= 11 is 0. The molecule has 0 saturated heterocycles. The maximum absolute atomic E-state index is 5.67. The Labute approximate surface area is 179 Å². The molecular formula is C28H42O. The summed E-state index contributed by atoms with van der Waals surface area (Å²) in [5, 5.41) is 0. The third-order valence-electron chi connectivity index (χ3n) is 7.37. The molecule has 1 aromatic rings. The van der Waals surface area contributed by atoms with E-state index in [-0.39, 0.29) is 0 Å². The number of allylic oxidation sites excluding steroid dienone is 3. The van der Waals surface area contributed by atoms with Gasteiger partial charge in [0, 0.05) is 0 Å². The van der Waals surface area contributed by atoms with Crippen LogP contribution in [0.15, 0.2) is 48.6 Å². The van der Waals surface area contributed by atoms with Gasteiger partial charge in [-0.05, 0) is 106 Å². The fourth-order valence-corrected chi connectivity index (χ4v) is 5.50. The van der Waals surface area contributed by atoms with Gasteiger partial charge in [0.15, 0.2) is 0 Å². The fraction of sp³-hybridized carbons (Fsp3) is 0.643. The second-order valence-electron chi connectivity index (χ2n) is 9.33. The topological polar surface area (TPSA) is 9.23 Å². The zero-order valence-corrected chi connectivity index (χ0v) is 18.8. The maximum Gasteiger partial charge on any atom is 0.0721 e. The number of hydrogen-bond acceptors (Lipinski definition) is 1. The second kappa shape index (κ2) is 12.4. The first-order valence-corrected chi connectivity index (χ1v) is 12.2. The van der Waals surface area contributed by atoms with Gasteiger partial charge < -0.3 is 4.74 Å². The van der Waals surface area contributed by atoms with Gasteiger partial charge in [-0.3, -0.25) is 0 Å². The summed E-state index contributed by atoms with van der Waals surface area (Å²) in [5.41, 5.74) is 2.84. The Morgan fingerprint density at radius 3 is 2.10 bits per heavy atom. The third kappa shape index (κ3) is 7.14. The van der Waals surface area contributed by atoms with Crippen molar-refractivity contribution in [3.63, 3.8) is 0 Å². The van der Waals surface area contributed by atoms with Crippen molar-refractivity contribution in [1.82, 2.24) is 0 Å². The van der Waals surface area contributed by atoms with E-state index in [2.05, 4.69) is 49.4 Å². The van der Waals surface area contributed by atoms with E-state index in [4.69, 9.17) is 4.74 Å². The molecule has 3 rings (SSSR count). The Kier molecular flexibility index (Phi) is 9.54. The number of benzene rings is 1. The normalized spacial score (nSPS) is 28.3. The van der Waals surface area contributed by atoms with Crippen molar-refractivity contribution in [2.75, 3.05) is 6.61 Å². The quantitative estimate of drug-likeness (QED) is 0.303. The van der Waals surface area contributed by atoms with Crippen LogP contribution >= 0.6 is 0 Å². The molecule has 0 unspecified atom stereocenters. The first kappa shape index (κ1) is 22.3. The van der Waals surface area contributed by atoms with Crippen molar-refractivity contribution in [3.8, 4) is 0 Å². The first-order valence-electron chi connectivity index (χ1n) is 12.2. The average Bonchev–Trinajstić information content (AvgIpc) is 2.78. The van der Waals surface area contributed by atoms with E-state index in [1.165, 1.54) is 69.8 Å². The highest BCUT2D eigenvalue weighted by Gasteiger charge is 2.30. The van der Waals surface area contributed by atoms with Crippen molar-refractivity contribution in [2.24, 2.45) is 17.8 Å². The monoisotopic (exact) mass is 394 g/mol. The Morgan fingerprint density at radius 2 is 1.48 bits per heavy atom. The van der Waals surface area contributed by atoms with Gasteiger partial charge in [-0.2, -0.15) is 0 Å². The Bertz CT molecular complexity index is 610. The smallest absolute Gasteiger partial charge is 0.0721 e. The van der Waals surface area contributed by atoms with E-state index in [1.54, 1.807) is 5.56 Å². The molecule has 2 aliphatic rings. The minimum absolute atomic E-state index is 0.708. The van der Waals surface area contributed by atoms with Gasteiger partial charge in [-0.25, -0.2) is 0 Å². The third-order valence-corrected chi connectivity index (χ3v) is 7.37. The van der Waals surface area contributed by atoms with Crippen LogP contribution in [0.25, 0.3) is 0 Å².